The fourth-order valence-corrected chi connectivity index (χ4v) is 7.14. The van der Waals surface area contributed by atoms with E-state index in [4.69, 9.17) is 4.43 Å². The fraction of sp³-hybridized carbons (Fsp3) is 0.625. The molecule has 0 heterocycles. The van der Waals surface area contributed by atoms with E-state index in [2.05, 4.69) is 20.8 Å². The average molecular weight is 326 g/mol. The fourth-order valence-electron chi connectivity index (χ4n) is 3.26. The second-order valence-corrected chi connectivity index (χ2v) is 11.8. The largest absolute Gasteiger partial charge is 0.479 e. The summed E-state index contributed by atoms with van der Waals surface area (Å²) < 4.78 is 6.14. The molecule has 0 saturated carbocycles. The van der Waals surface area contributed by atoms with Gasteiger partial charge in [-0.2, -0.15) is 0 Å². The normalized spacial score (nSPS) is 25.7. The van der Waals surface area contributed by atoms with E-state index in [0.717, 1.165) is 6.04 Å². The van der Waals surface area contributed by atoms with Crippen molar-refractivity contribution in [1.82, 2.24) is 0 Å². The smallest absolute Gasteiger partial charge is 0.339 e. The molecule has 2 N–H and O–H groups in total. The second kappa shape index (κ2) is 6.00. The van der Waals surface area contributed by atoms with Gasteiger partial charge < -0.3 is 14.6 Å². The lowest BCUT2D eigenvalue weighted by atomic mass is 9.79. The molecule has 22 heavy (non-hydrogen) atoms. The number of carboxylic acids is 2. The highest BCUT2D eigenvalue weighted by Gasteiger charge is 2.50. The van der Waals surface area contributed by atoms with Gasteiger partial charge in [-0.3, -0.25) is 0 Å². The van der Waals surface area contributed by atoms with Gasteiger partial charge in [-0.05, 0) is 30.6 Å². The Morgan fingerprint density at radius 3 is 2.27 bits per heavy atom. The number of rotatable bonds is 5. The molecule has 0 amide bonds. The lowest BCUT2D eigenvalue weighted by Gasteiger charge is -2.42. The lowest BCUT2D eigenvalue weighted by molar-refractivity contribution is -0.155. The zero-order valence-electron chi connectivity index (χ0n) is 14.1. The predicted octanol–water partition coefficient (Wildman–Crippen LogP) is 3.29. The number of aliphatic carboxylic acids is 2. The van der Waals surface area contributed by atoms with Crippen molar-refractivity contribution in [3.8, 4) is 0 Å². The summed E-state index contributed by atoms with van der Waals surface area (Å²) in [7, 11) is -2.32. The average Bonchev–Trinajstić information content (AvgIpc) is 2.27. The number of hydrogen-bond donors (Lipinski definition) is 2. The second-order valence-electron chi connectivity index (χ2n) is 7.71. The van der Waals surface area contributed by atoms with Crippen LogP contribution in [0.25, 0.3) is 0 Å². The summed E-state index contributed by atoms with van der Waals surface area (Å²) >= 11 is 0. The van der Waals surface area contributed by atoms with Crippen molar-refractivity contribution < 1.29 is 24.2 Å². The number of carbonyl (C=O) groups is 2. The Balaban J connectivity index is 3.20. The third kappa shape index (κ3) is 4.07. The van der Waals surface area contributed by atoms with Crippen LogP contribution in [0.4, 0.5) is 0 Å². The highest BCUT2D eigenvalue weighted by Crippen LogP contribution is 2.39. The molecule has 1 rings (SSSR count). The molecule has 0 fully saturated rings. The van der Waals surface area contributed by atoms with Crippen molar-refractivity contribution in [2.24, 2.45) is 11.3 Å². The topological polar surface area (TPSA) is 83.8 Å². The van der Waals surface area contributed by atoms with Gasteiger partial charge in [0.1, 0.15) is 0 Å². The van der Waals surface area contributed by atoms with Crippen LogP contribution in [0, 0.1) is 11.3 Å². The molecule has 0 aromatic heterocycles. The Labute approximate surface area is 132 Å². The maximum atomic E-state index is 11.9. The van der Waals surface area contributed by atoms with Crippen molar-refractivity contribution in [2.45, 2.75) is 52.4 Å². The van der Waals surface area contributed by atoms with Crippen LogP contribution in [-0.4, -0.2) is 36.1 Å². The molecule has 1 aliphatic carbocycles. The molecule has 0 saturated heterocycles. The molecule has 0 spiro atoms. The van der Waals surface area contributed by atoms with Crippen molar-refractivity contribution in [3.05, 3.63) is 23.8 Å². The van der Waals surface area contributed by atoms with Gasteiger partial charge in [-0.1, -0.05) is 39.8 Å². The van der Waals surface area contributed by atoms with Crippen LogP contribution in [0.3, 0.4) is 0 Å². The Morgan fingerprint density at radius 2 is 1.86 bits per heavy atom. The monoisotopic (exact) mass is 326 g/mol. The minimum atomic E-state index is -2.32. The molecule has 124 valence electrons. The van der Waals surface area contributed by atoms with E-state index < -0.39 is 31.8 Å². The Kier molecular flexibility index (Phi) is 5.09. The first kappa shape index (κ1) is 18.6. The van der Waals surface area contributed by atoms with Crippen LogP contribution in [0.5, 0.6) is 0 Å². The molecule has 5 nitrogen and oxygen atoms in total. The van der Waals surface area contributed by atoms with E-state index >= 15 is 0 Å². The highest BCUT2D eigenvalue weighted by atomic mass is 28.4. The first-order chi connectivity index (χ1) is 9.81. The van der Waals surface area contributed by atoms with Gasteiger partial charge in [0.05, 0.1) is 0 Å². The molecule has 0 aliphatic heterocycles. The maximum Gasteiger partial charge on any atom is 0.339 e. The summed E-state index contributed by atoms with van der Waals surface area (Å²) in [6, 6.07) is 0.779. The first-order valence-electron chi connectivity index (χ1n) is 7.37. The Morgan fingerprint density at radius 1 is 1.32 bits per heavy atom. The third-order valence-corrected chi connectivity index (χ3v) is 6.51. The molecule has 2 unspecified atom stereocenters. The summed E-state index contributed by atoms with van der Waals surface area (Å²) in [5.41, 5.74) is -1.53. The zero-order valence-corrected chi connectivity index (χ0v) is 15.1. The van der Waals surface area contributed by atoms with E-state index in [1.54, 1.807) is 6.92 Å². The van der Waals surface area contributed by atoms with Gasteiger partial charge in [0.15, 0.2) is 13.9 Å². The number of allylic oxidation sites excluding steroid dienone is 2. The molecule has 6 heteroatoms. The van der Waals surface area contributed by atoms with Crippen LogP contribution >= 0.6 is 0 Å². The predicted molar refractivity (Wildman–Crippen MR) is 87.2 cm³/mol. The van der Waals surface area contributed by atoms with Gasteiger partial charge in [-0.25, -0.2) is 9.59 Å². The summed E-state index contributed by atoms with van der Waals surface area (Å²) in [6.07, 6.45) is 4.39. The van der Waals surface area contributed by atoms with Gasteiger partial charge in [0.25, 0.3) is 0 Å². The van der Waals surface area contributed by atoms with Crippen molar-refractivity contribution in [1.29, 1.82) is 0 Å². The maximum absolute atomic E-state index is 11.9. The first-order valence-corrected chi connectivity index (χ1v) is 10.5. The van der Waals surface area contributed by atoms with Crippen molar-refractivity contribution in [2.75, 3.05) is 0 Å². The van der Waals surface area contributed by atoms with E-state index in [1.807, 2.05) is 13.1 Å². The molecule has 0 aromatic carbocycles. The SMILES string of the molecule is CC1C(C(=O)O)=CC=CC1(O[Si](C)(C)CC(C)(C)C)C(=O)O. The molecule has 0 aromatic rings. The van der Waals surface area contributed by atoms with Gasteiger partial charge in [-0.15, -0.1) is 0 Å². The molecule has 2 atom stereocenters. The number of carboxylic acid groups (broad SMARTS) is 2. The molecular weight excluding hydrogens is 300 g/mol. The Hall–Kier alpha value is -1.40. The summed E-state index contributed by atoms with van der Waals surface area (Å²) in [6.45, 7) is 11.8. The number of hydrogen-bond acceptors (Lipinski definition) is 3. The van der Waals surface area contributed by atoms with Crippen LogP contribution in [0.1, 0.15) is 27.7 Å². The molecule has 1 aliphatic rings. The van der Waals surface area contributed by atoms with Crippen molar-refractivity contribution in [3.63, 3.8) is 0 Å². The van der Waals surface area contributed by atoms with E-state index in [-0.39, 0.29) is 11.0 Å². The van der Waals surface area contributed by atoms with E-state index in [0.29, 0.717) is 0 Å². The van der Waals surface area contributed by atoms with Gasteiger partial charge >= 0.3 is 11.9 Å². The zero-order chi connectivity index (χ0) is 17.3. The minimum Gasteiger partial charge on any atom is -0.479 e. The minimum absolute atomic E-state index is 0.0164. The summed E-state index contributed by atoms with van der Waals surface area (Å²) in [4.78, 5) is 23.3. The van der Waals surface area contributed by atoms with Gasteiger partial charge in [0, 0.05) is 11.5 Å². The summed E-state index contributed by atoms with van der Waals surface area (Å²) in [5, 5.41) is 19.0. The standard InChI is InChI=1S/C16H26O5Si/c1-11-12(13(17)18)8-7-9-16(11,14(19)20)21-22(5,6)10-15(2,3)4/h7-9,11H,10H2,1-6H3,(H,17,18)(H,19,20). The Bertz CT molecular complexity index is 527. The van der Waals surface area contributed by atoms with Crippen LogP contribution in [0.15, 0.2) is 23.8 Å². The quantitative estimate of drug-likeness (QED) is 0.757. The van der Waals surface area contributed by atoms with Gasteiger partial charge in [0.2, 0.25) is 0 Å². The van der Waals surface area contributed by atoms with Crippen LogP contribution in [0.2, 0.25) is 19.1 Å². The van der Waals surface area contributed by atoms with E-state index in [1.165, 1.54) is 18.2 Å². The third-order valence-electron chi connectivity index (χ3n) is 3.71. The highest BCUT2D eigenvalue weighted by molar-refractivity contribution is 6.71. The lowest BCUT2D eigenvalue weighted by Crippen LogP contribution is -2.55. The summed E-state index contributed by atoms with van der Waals surface area (Å²) in [5.74, 6) is -3.00. The van der Waals surface area contributed by atoms with E-state index in [9.17, 15) is 19.8 Å². The van der Waals surface area contributed by atoms with Crippen LogP contribution in [-0.2, 0) is 14.0 Å². The molecule has 0 bridgehead atoms. The molecular formula is C16H26O5Si. The van der Waals surface area contributed by atoms with Crippen LogP contribution < -0.4 is 0 Å². The molecule has 0 radical (unpaired) electrons. The van der Waals surface area contributed by atoms with Crippen molar-refractivity contribution >= 4 is 20.3 Å².